The Kier molecular flexibility index (Phi) is 6.15. The molecule has 1 aromatic carbocycles. The van der Waals surface area contributed by atoms with Gasteiger partial charge in [0.1, 0.15) is 11.6 Å². The molecule has 1 aromatic heterocycles. The lowest BCUT2D eigenvalue weighted by Crippen LogP contribution is -2.35. The van der Waals surface area contributed by atoms with Crippen LogP contribution in [0.1, 0.15) is 28.3 Å². The molecule has 134 valence electrons. The number of thioether (sulfide) groups is 1. The fourth-order valence-electron chi connectivity index (χ4n) is 3.07. The third-order valence-corrected chi connectivity index (χ3v) is 4.96. The zero-order valence-corrected chi connectivity index (χ0v) is 15.2. The highest BCUT2D eigenvalue weighted by molar-refractivity contribution is 7.97. The predicted octanol–water partition coefficient (Wildman–Crippen LogP) is 3.63. The molecule has 2 aromatic rings. The Morgan fingerprint density at radius 2 is 2.00 bits per heavy atom. The Morgan fingerprint density at radius 3 is 2.80 bits per heavy atom. The number of rotatable bonds is 5. The van der Waals surface area contributed by atoms with Gasteiger partial charge in [0.25, 0.3) is 5.91 Å². The van der Waals surface area contributed by atoms with Gasteiger partial charge in [-0.15, -0.1) is 0 Å². The Balaban J connectivity index is 1.59. The second-order valence-electron chi connectivity index (χ2n) is 6.21. The second-order valence-corrected chi connectivity index (χ2v) is 7.08. The third-order valence-electron chi connectivity index (χ3n) is 4.39. The molecule has 1 aliphatic heterocycles. The maximum absolute atomic E-state index is 13.8. The number of benzene rings is 1. The van der Waals surface area contributed by atoms with Crippen molar-refractivity contribution in [3.05, 3.63) is 59.3 Å². The van der Waals surface area contributed by atoms with Gasteiger partial charge >= 0.3 is 0 Å². The number of halogens is 1. The van der Waals surface area contributed by atoms with Crippen LogP contribution in [-0.2, 0) is 12.3 Å². The van der Waals surface area contributed by atoms with Crippen molar-refractivity contribution >= 4 is 17.7 Å². The number of carbonyl (C=O) groups excluding carboxylic acids is 1. The molecule has 0 unspecified atom stereocenters. The fourth-order valence-corrected chi connectivity index (χ4v) is 3.51. The molecule has 1 amide bonds. The second kappa shape index (κ2) is 8.54. The Morgan fingerprint density at radius 1 is 1.16 bits per heavy atom. The summed E-state index contributed by atoms with van der Waals surface area (Å²) in [4.78, 5) is 16.7. The van der Waals surface area contributed by atoms with Crippen LogP contribution in [0.15, 0.2) is 40.8 Å². The average molecular weight is 362 g/mol. The lowest BCUT2D eigenvalue weighted by molar-refractivity contribution is 0.0727. The SMILES string of the molecule is CSCc1ccc(C(=O)N2CCCN(Cc3ccccc3F)CC2)o1. The van der Waals surface area contributed by atoms with Crippen LogP contribution in [-0.4, -0.2) is 48.1 Å². The summed E-state index contributed by atoms with van der Waals surface area (Å²) in [5.41, 5.74) is 0.704. The minimum atomic E-state index is -0.170. The zero-order valence-electron chi connectivity index (χ0n) is 14.4. The molecule has 6 heteroatoms. The molecule has 0 radical (unpaired) electrons. The van der Waals surface area contributed by atoms with Crippen molar-refractivity contribution in [1.82, 2.24) is 9.80 Å². The lowest BCUT2D eigenvalue weighted by atomic mass is 10.2. The van der Waals surface area contributed by atoms with E-state index in [1.54, 1.807) is 23.9 Å². The Labute approximate surface area is 152 Å². The predicted molar refractivity (Wildman–Crippen MR) is 98.1 cm³/mol. The van der Waals surface area contributed by atoms with Crippen LogP contribution >= 0.6 is 11.8 Å². The van der Waals surface area contributed by atoms with Crippen molar-refractivity contribution in [3.8, 4) is 0 Å². The van der Waals surface area contributed by atoms with E-state index >= 15 is 0 Å². The van der Waals surface area contributed by atoms with Crippen LogP contribution in [0.4, 0.5) is 4.39 Å². The number of hydrogen-bond donors (Lipinski definition) is 0. The molecule has 0 saturated carbocycles. The third kappa shape index (κ3) is 4.64. The monoisotopic (exact) mass is 362 g/mol. The molecule has 1 saturated heterocycles. The topological polar surface area (TPSA) is 36.7 Å². The van der Waals surface area contributed by atoms with Gasteiger partial charge in [0.15, 0.2) is 5.76 Å². The molecular weight excluding hydrogens is 339 g/mol. The highest BCUT2D eigenvalue weighted by Gasteiger charge is 2.23. The highest BCUT2D eigenvalue weighted by atomic mass is 32.2. The van der Waals surface area contributed by atoms with Crippen LogP contribution in [0.2, 0.25) is 0 Å². The largest absolute Gasteiger partial charge is 0.455 e. The highest BCUT2D eigenvalue weighted by Crippen LogP contribution is 2.17. The minimum absolute atomic E-state index is 0.0555. The summed E-state index contributed by atoms with van der Waals surface area (Å²) in [6, 6.07) is 10.5. The molecule has 2 heterocycles. The van der Waals surface area contributed by atoms with Crippen LogP contribution in [0, 0.1) is 5.82 Å². The van der Waals surface area contributed by atoms with Gasteiger partial charge in [0, 0.05) is 38.3 Å². The van der Waals surface area contributed by atoms with Crippen molar-refractivity contribution in [2.75, 3.05) is 32.4 Å². The fraction of sp³-hybridized carbons (Fsp3) is 0.421. The molecule has 1 aliphatic rings. The summed E-state index contributed by atoms with van der Waals surface area (Å²) < 4.78 is 19.5. The first kappa shape index (κ1) is 18.0. The van der Waals surface area contributed by atoms with E-state index in [1.807, 2.05) is 29.4 Å². The van der Waals surface area contributed by atoms with Crippen LogP contribution in [0.25, 0.3) is 0 Å². The number of nitrogens with zero attached hydrogens (tertiary/aromatic N) is 2. The van der Waals surface area contributed by atoms with E-state index in [0.717, 1.165) is 31.0 Å². The summed E-state index contributed by atoms with van der Waals surface area (Å²) in [5.74, 6) is 1.78. The molecule has 0 N–H and O–H groups in total. The van der Waals surface area contributed by atoms with Gasteiger partial charge in [-0.2, -0.15) is 11.8 Å². The molecule has 4 nitrogen and oxygen atoms in total. The van der Waals surface area contributed by atoms with E-state index in [4.69, 9.17) is 4.42 Å². The average Bonchev–Trinajstić information content (AvgIpc) is 2.95. The number of amides is 1. The first-order valence-corrected chi connectivity index (χ1v) is 9.89. The number of furan rings is 1. The maximum atomic E-state index is 13.8. The summed E-state index contributed by atoms with van der Waals surface area (Å²) >= 11 is 1.67. The van der Waals surface area contributed by atoms with Crippen LogP contribution in [0.3, 0.4) is 0 Å². The molecule has 3 rings (SSSR count). The number of hydrogen-bond acceptors (Lipinski definition) is 4. The molecule has 25 heavy (non-hydrogen) atoms. The van der Waals surface area contributed by atoms with Crippen molar-refractivity contribution in [1.29, 1.82) is 0 Å². The van der Waals surface area contributed by atoms with Gasteiger partial charge in [-0.05, 0) is 30.9 Å². The molecule has 0 atom stereocenters. The molecule has 0 bridgehead atoms. The molecule has 0 aliphatic carbocycles. The molecular formula is C19H23FN2O2S. The van der Waals surface area contributed by atoms with Crippen LogP contribution < -0.4 is 0 Å². The van der Waals surface area contributed by atoms with Crippen molar-refractivity contribution in [2.24, 2.45) is 0 Å². The molecule has 1 fully saturated rings. The lowest BCUT2D eigenvalue weighted by Gasteiger charge is -2.21. The zero-order chi connectivity index (χ0) is 17.6. The Bertz CT molecular complexity index is 719. The standard InChI is InChI=1S/C19H23FN2O2S/c1-25-14-16-7-8-18(24-16)19(23)22-10-4-9-21(11-12-22)13-15-5-2-3-6-17(15)20/h2-3,5-8H,4,9-14H2,1H3. The first-order chi connectivity index (χ1) is 12.2. The van der Waals surface area contributed by atoms with Crippen molar-refractivity contribution in [2.45, 2.75) is 18.7 Å². The van der Waals surface area contributed by atoms with Gasteiger partial charge in [-0.3, -0.25) is 9.69 Å². The van der Waals surface area contributed by atoms with E-state index in [1.165, 1.54) is 6.07 Å². The van der Waals surface area contributed by atoms with Gasteiger partial charge < -0.3 is 9.32 Å². The normalized spacial score (nSPS) is 16.0. The van der Waals surface area contributed by atoms with Crippen molar-refractivity contribution in [3.63, 3.8) is 0 Å². The summed E-state index contributed by atoms with van der Waals surface area (Å²) in [5, 5.41) is 0. The van der Waals surface area contributed by atoms with E-state index in [-0.39, 0.29) is 11.7 Å². The van der Waals surface area contributed by atoms with Gasteiger partial charge in [-0.1, -0.05) is 18.2 Å². The van der Waals surface area contributed by atoms with Gasteiger partial charge in [-0.25, -0.2) is 4.39 Å². The smallest absolute Gasteiger partial charge is 0.289 e. The first-order valence-electron chi connectivity index (χ1n) is 8.50. The van der Waals surface area contributed by atoms with E-state index in [9.17, 15) is 9.18 Å². The maximum Gasteiger partial charge on any atom is 0.289 e. The van der Waals surface area contributed by atoms with Crippen molar-refractivity contribution < 1.29 is 13.6 Å². The number of carbonyl (C=O) groups is 1. The quantitative estimate of drug-likeness (QED) is 0.814. The molecule has 0 spiro atoms. The van der Waals surface area contributed by atoms with Crippen LogP contribution in [0.5, 0.6) is 0 Å². The minimum Gasteiger partial charge on any atom is -0.455 e. The van der Waals surface area contributed by atoms with E-state index < -0.39 is 0 Å². The van der Waals surface area contributed by atoms with E-state index in [0.29, 0.717) is 31.0 Å². The van der Waals surface area contributed by atoms with Gasteiger partial charge in [0.2, 0.25) is 0 Å². The summed E-state index contributed by atoms with van der Waals surface area (Å²) in [6.07, 6.45) is 2.88. The van der Waals surface area contributed by atoms with Gasteiger partial charge in [0.05, 0.1) is 5.75 Å². The summed E-state index contributed by atoms with van der Waals surface area (Å²) in [6.45, 7) is 3.50. The Hall–Kier alpha value is -1.79. The summed E-state index contributed by atoms with van der Waals surface area (Å²) in [7, 11) is 0. The van der Waals surface area contributed by atoms with E-state index in [2.05, 4.69) is 4.90 Å².